The normalized spacial score (nSPS) is 17.0. The Labute approximate surface area is 157 Å². The van der Waals surface area contributed by atoms with E-state index in [1.165, 1.54) is 6.07 Å². The monoisotopic (exact) mass is 370 g/mol. The van der Waals surface area contributed by atoms with Crippen LogP contribution in [0.3, 0.4) is 0 Å². The molecule has 2 aromatic rings. The number of carbonyl (C=O) groups is 2. The first-order valence-corrected chi connectivity index (χ1v) is 8.95. The van der Waals surface area contributed by atoms with Crippen molar-refractivity contribution in [1.82, 2.24) is 4.90 Å². The summed E-state index contributed by atoms with van der Waals surface area (Å²) in [5.74, 6) is -0.884. The van der Waals surface area contributed by atoms with Crippen LogP contribution in [-0.2, 0) is 16.0 Å². The van der Waals surface area contributed by atoms with Gasteiger partial charge in [0.15, 0.2) is 0 Å². The van der Waals surface area contributed by atoms with Crippen LogP contribution in [0.5, 0.6) is 0 Å². The van der Waals surface area contributed by atoms with E-state index >= 15 is 0 Å². The van der Waals surface area contributed by atoms with E-state index in [1.807, 2.05) is 18.2 Å². The minimum Gasteiger partial charge on any atom is -0.377 e. The number of primary amides is 1. The zero-order valence-electron chi connectivity index (χ0n) is 15.3. The van der Waals surface area contributed by atoms with Gasteiger partial charge in [0.25, 0.3) is 5.91 Å². The Bertz CT molecular complexity index is 853. The number of benzene rings is 2. The Morgan fingerprint density at radius 1 is 1.26 bits per heavy atom. The highest BCUT2D eigenvalue weighted by atomic mass is 19.1. The first-order valence-electron chi connectivity index (χ1n) is 8.95. The second kappa shape index (κ2) is 8.31. The molecule has 1 saturated heterocycles. The molecule has 0 aliphatic carbocycles. The molecule has 1 fully saturated rings. The molecule has 1 atom stereocenters. The molecule has 0 spiro atoms. The molecule has 1 heterocycles. The Kier molecular flexibility index (Phi) is 5.86. The topological polar surface area (TPSA) is 72.6 Å². The van der Waals surface area contributed by atoms with Crippen molar-refractivity contribution in [3.63, 3.8) is 0 Å². The summed E-state index contributed by atoms with van der Waals surface area (Å²) in [5.41, 5.74) is 8.07. The lowest BCUT2D eigenvalue weighted by Gasteiger charge is -2.35. The number of amides is 2. The predicted molar refractivity (Wildman–Crippen MR) is 99.8 cm³/mol. The van der Waals surface area contributed by atoms with Crippen LogP contribution in [0.4, 0.5) is 4.39 Å². The fourth-order valence-electron chi connectivity index (χ4n) is 3.33. The fraction of sp³-hybridized carbons (Fsp3) is 0.333. The summed E-state index contributed by atoms with van der Waals surface area (Å²) in [7, 11) is 0. The van der Waals surface area contributed by atoms with Gasteiger partial charge in [0.1, 0.15) is 5.82 Å². The van der Waals surface area contributed by atoms with Crippen LogP contribution in [0.2, 0.25) is 0 Å². The highest BCUT2D eigenvalue weighted by Gasteiger charge is 2.30. The molecule has 0 radical (unpaired) electrons. The molecule has 2 N–H and O–H groups in total. The molecule has 1 aliphatic rings. The molecule has 0 bridgehead atoms. The van der Waals surface area contributed by atoms with Gasteiger partial charge >= 0.3 is 0 Å². The molecule has 0 unspecified atom stereocenters. The lowest BCUT2D eigenvalue weighted by Crippen LogP contribution is -2.50. The maximum atomic E-state index is 13.9. The average molecular weight is 370 g/mol. The van der Waals surface area contributed by atoms with Crippen LogP contribution in [0.15, 0.2) is 42.5 Å². The quantitative estimate of drug-likeness (QED) is 0.879. The summed E-state index contributed by atoms with van der Waals surface area (Å²) in [6, 6.07) is 12.0. The van der Waals surface area contributed by atoms with Gasteiger partial charge in [-0.25, -0.2) is 4.39 Å². The third kappa shape index (κ3) is 4.52. The molecule has 142 valence electrons. The summed E-state index contributed by atoms with van der Waals surface area (Å²) >= 11 is 0. The molecule has 3 rings (SSSR count). The number of hydrogen-bond donors (Lipinski definition) is 1. The second-order valence-corrected chi connectivity index (χ2v) is 6.82. The number of nitrogens with zero attached hydrogens (tertiary/aromatic N) is 1. The predicted octanol–water partition coefficient (Wildman–Crippen LogP) is 2.44. The van der Waals surface area contributed by atoms with Crippen molar-refractivity contribution in [3.05, 3.63) is 70.5 Å². The summed E-state index contributed by atoms with van der Waals surface area (Å²) in [5, 5.41) is 0. The molecule has 27 heavy (non-hydrogen) atoms. The van der Waals surface area contributed by atoms with E-state index in [1.54, 1.807) is 30.0 Å². The van der Waals surface area contributed by atoms with Crippen molar-refractivity contribution < 1.29 is 18.7 Å². The number of ether oxygens (including phenoxy) is 1. The van der Waals surface area contributed by atoms with Crippen molar-refractivity contribution >= 4 is 11.8 Å². The number of carbonyl (C=O) groups excluding carboxylic acids is 2. The lowest BCUT2D eigenvalue weighted by atomic mass is 9.97. The van der Waals surface area contributed by atoms with Crippen molar-refractivity contribution in [1.29, 1.82) is 0 Å². The summed E-state index contributed by atoms with van der Waals surface area (Å²) in [6.45, 7) is 2.84. The number of morpholine rings is 1. The van der Waals surface area contributed by atoms with Crippen molar-refractivity contribution in [2.24, 2.45) is 5.73 Å². The van der Waals surface area contributed by atoms with Crippen LogP contribution in [-0.4, -0.2) is 42.5 Å². The van der Waals surface area contributed by atoms with Crippen LogP contribution >= 0.6 is 0 Å². The maximum absolute atomic E-state index is 13.9. The maximum Gasteiger partial charge on any atom is 0.254 e. The number of hydrogen-bond acceptors (Lipinski definition) is 3. The third-order valence-corrected chi connectivity index (χ3v) is 4.80. The van der Waals surface area contributed by atoms with E-state index in [4.69, 9.17) is 10.5 Å². The Morgan fingerprint density at radius 3 is 2.78 bits per heavy atom. The first kappa shape index (κ1) is 19.0. The van der Waals surface area contributed by atoms with Gasteiger partial charge in [-0.05, 0) is 42.2 Å². The van der Waals surface area contributed by atoms with Crippen molar-refractivity contribution in [2.45, 2.75) is 25.8 Å². The van der Waals surface area contributed by atoms with Gasteiger partial charge in [0, 0.05) is 18.5 Å². The molecular formula is C21H23FN2O3. The van der Waals surface area contributed by atoms with E-state index < -0.39 is 5.91 Å². The molecule has 6 heteroatoms. The SMILES string of the molecule is Cc1ccc(Cc2ccccc2C(=O)N2CCOC[C@@H]2CC(N)=O)cc1F. The standard InChI is InChI=1S/C21H23FN2O3/c1-14-6-7-15(11-19(14)22)10-16-4-2-3-5-18(16)21(26)24-8-9-27-13-17(24)12-20(23)25/h2-7,11,17H,8-10,12-13H2,1H3,(H2,23,25)/t17-/m0/s1. The van der Waals surface area contributed by atoms with Gasteiger partial charge < -0.3 is 15.4 Å². The van der Waals surface area contributed by atoms with Crippen molar-refractivity contribution in [3.8, 4) is 0 Å². The zero-order chi connectivity index (χ0) is 19.4. The summed E-state index contributed by atoms with van der Waals surface area (Å²) in [4.78, 5) is 26.2. The Balaban J connectivity index is 1.86. The highest BCUT2D eigenvalue weighted by Crippen LogP contribution is 2.21. The minimum absolute atomic E-state index is 0.0665. The van der Waals surface area contributed by atoms with Gasteiger partial charge in [-0.1, -0.05) is 30.3 Å². The largest absolute Gasteiger partial charge is 0.377 e. The molecule has 0 saturated carbocycles. The Morgan fingerprint density at radius 2 is 2.04 bits per heavy atom. The zero-order valence-corrected chi connectivity index (χ0v) is 15.3. The highest BCUT2D eigenvalue weighted by molar-refractivity contribution is 5.96. The van der Waals surface area contributed by atoms with Crippen LogP contribution in [0.1, 0.15) is 33.5 Å². The molecule has 1 aliphatic heterocycles. The molecule has 2 amide bonds. The summed E-state index contributed by atoms with van der Waals surface area (Å²) in [6.07, 6.45) is 0.515. The van der Waals surface area contributed by atoms with E-state index in [0.29, 0.717) is 37.3 Å². The molecular weight excluding hydrogens is 347 g/mol. The van der Waals surface area contributed by atoms with E-state index in [-0.39, 0.29) is 24.2 Å². The molecule has 0 aromatic heterocycles. The van der Waals surface area contributed by atoms with Crippen molar-refractivity contribution in [2.75, 3.05) is 19.8 Å². The number of rotatable bonds is 5. The third-order valence-electron chi connectivity index (χ3n) is 4.80. The van der Waals surface area contributed by atoms with Crippen LogP contribution in [0.25, 0.3) is 0 Å². The van der Waals surface area contributed by atoms with Gasteiger partial charge in [-0.3, -0.25) is 9.59 Å². The van der Waals surface area contributed by atoms with Crippen LogP contribution < -0.4 is 5.73 Å². The summed E-state index contributed by atoms with van der Waals surface area (Å²) < 4.78 is 19.3. The first-order chi connectivity index (χ1) is 13.0. The average Bonchev–Trinajstić information content (AvgIpc) is 2.65. The molecule has 5 nitrogen and oxygen atoms in total. The van der Waals surface area contributed by atoms with E-state index in [0.717, 1.165) is 11.1 Å². The number of nitrogens with two attached hydrogens (primary N) is 1. The van der Waals surface area contributed by atoms with Gasteiger partial charge in [0.2, 0.25) is 5.91 Å². The fourth-order valence-corrected chi connectivity index (χ4v) is 3.33. The smallest absolute Gasteiger partial charge is 0.254 e. The van der Waals surface area contributed by atoms with E-state index in [9.17, 15) is 14.0 Å². The molecule has 2 aromatic carbocycles. The second-order valence-electron chi connectivity index (χ2n) is 6.82. The number of halogens is 1. The lowest BCUT2D eigenvalue weighted by molar-refractivity contribution is -0.120. The minimum atomic E-state index is -0.466. The van der Waals surface area contributed by atoms with Gasteiger partial charge in [0.05, 0.1) is 19.3 Å². The van der Waals surface area contributed by atoms with Crippen LogP contribution in [0, 0.1) is 12.7 Å². The van der Waals surface area contributed by atoms with E-state index in [2.05, 4.69) is 0 Å². The Hall–Kier alpha value is -2.73. The van der Waals surface area contributed by atoms with Gasteiger partial charge in [-0.15, -0.1) is 0 Å². The van der Waals surface area contributed by atoms with Gasteiger partial charge in [-0.2, -0.15) is 0 Å². The number of aryl methyl sites for hydroxylation is 1.